The van der Waals surface area contributed by atoms with Crippen molar-refractivity contribution in [2.75, 3.05) is 4.90 Å². The van der Waals surface area contributed by atoms with Gasteiger partial charge in [0.05, 0.1) is 6.20 Å². The van der Waals surface area contributed by atoms with Crippen LogP contribution in [0.1, 0.15) is 26.2 Å². The molecule has 3 N–H and O–H groups in total. The van der Waals surface area contributed by atoms with Crippen LogP contribution in [0.2, 0.25) is 0 Å². The number of aromatic amines is 1. The van der Waals surface area contributed by atoms with E-state index in [0.29, 0.717) is 5.65 Å². The number of amides is 1. The van der Waals surface area contributed by atoms with Gasteiger partial charge in [0.25, 0.3) is 0 Å². The minimum atomic E-state index is -0.325. The Balaban J connectivity index is 1.99. The average molecular weight is 310 g/mol. The fraction of sp³-hybridized carbons (Fsp3) is 0.375. The number of fused-ring (bicyclic) bond motifs is 3. The number of primary amides is 1. The molecule has 0 spiro atoms. The maximum absolute atomic E-state index is 12.0. The Kier molecular flexibility index (Phi) is 3.14. The van der Waals surface area contributed by atoms with Crippen molar-refractivity contribution < 1.29 is 4.79 Å². The van der Waals surface area contributed by atoms with Crippen molar-refractivity contribution >= 4 is 33.5 Å². The molecule has 0 bridgehead atoms. The highest BCUT2D eigenvalue weighted by Gasteiger charge is 2.33. The Morgan fingerprint density at radius 2 is 2.22 bits per heavy atom. The summed E-state index contributed by atoms with van der Waals surface area (Å²) in [4.78, 5) is 22.7. The number of piperidine rings is 1. The third-order valence-electron chi connectivity index (χ3n) is 4.67. The lowest BCUT2D eigenvalue weighted by atomic mass is 9.95. The summed E-state index contributed by atoms with van der Waals surface area (Å²) in [6.07, 6.45) is 8.03. The molecule has 23 heavy (non-hydrogen) atoms. The molecular weight excluding hydrogens is 292 g/mol. The predicted octanol–water partition coefficient (Wildman–Crippen LogP) is 1.74. The van der Waals surface area contributed by atoms with Crippen LogP contribution in [0.5, 0.6) is 0 Å². The number of H-pyrrole nitrogens is 1. The van der Waals surface area contributed by atoms with Crippen LogP contribution in [0.25, 0.3) is 21.8 Å². The lowest BCUT2D eigenvalue weighted by Crippen LogP contribution is -2.52. The SMILES string of the molecule is CC1CCCC(C(N)=O)N1c1[nH]ncc2cnc3nccc3c12. The molecule has 1 amide bonds. The van der Waals surface area contributed by atoms with Crippen molar-refractivity contribution in [3.05, 3.63) is 24.7 Å². The fourth-order valence-electron chi connectivity index (χ4n) is 3.59. The number of nitrogens with one attached hydrogen (secondary N) is 1. The first-order valence-corrected chi connectivity index (χ1v) is 7.81. The van der Waals surface area contributed by atoms with Gasteiger partial charge in [-0.25, -0.2) is 9.97 Å². The molecule has 3 aromatic rings. The molecule has 118 valence electrons. The number of hydrogen-bond acceptors (Lipinski definition) is 5. The van der Waals surface area contributed by atoms with Gasteiger partial charge in [-0.15, -0.1) is 0 Å². The van der Waals surface area contributed by atoms with Crippen molar-refractivity contribution in [3.8, 4) is 0 Å². The number of aromatic nitrogens is 4. The molecule has 1 aliphatic rings. The van der Waals surface area contributed by atoms with Crippen molar-refractivity contribution in [1.29, 1.82) is 0 Å². The van der Waals surface area contributed by atoms with Gasteiger partial charge in [-0.05, 0) is 32.3 Å². The molecule has 2 unspecified atom stereocenters. The lowest BCUT2D eigenvalue weighted by Gasteiger charge is -2.40. The lowest BCUT2D eigenvalue weighted by molar-refractivity contribution is -0.119. The molecule has 0 radical (unpaired) electrons. The molecule has 7 heteroatoms. The van der Waals surface area contributed by atoms with Gasteiger partial charge in [0.15, 0.2) is 5.65 Å². The van der Waals surface area contributed by atoms with Crippen LogP contribution in [0.3, 0.4) is 0 Å². The standard InChI is InChI=1S/C16H18N6O/c1-9-3-2-4-12(14(17)23)22(9)16-13-10(8-20-21-16)7-19-15-11(13)5-6-18-15/h5-9,12,21H,2-4H2,1H3,(H2,17,23). The Labute approximate surface area is 132 Å². The van der Waals surface area contributed by atoms with Gasteiger partial charge in [-0.2, -0.15) is 5.10 Å². The first kappa shape index (κ1) is 13.9. The quantitative estimate of drug-likeness (QED) is 0.751. The molecule has 2 atom stereocenters. The number of nitrogens with zero attached hydrogens (tertiary/aromatic N) is 4. The Bertz CT molecular complexity index is 889. The Morgan fingerprint density at radius 3 is 3.04 bits per heavy atom. The van der Waals surface area contributed by atoms with Crippen LogP contribution in [0.4, 0.5) is 5.82 Å². The summed E-state index contributed by atoms with van der Waals surface area (Å²) in [5.41, 5.74) is 6.35. The second-order valence-electron chi connectivity index (χ2n) is 6.09. The van der Waals surface area contributed by atoms with Gasteiger partial charge < -0.3 is 10.6 Å². The second-order valence-corrected chi connectivity index (χ2v) is 6.09. The number of rotatable bonds is 2. The number of anilines is 1. The van der Waals surface area contributed by atoms with Crippen molar-refractivity contribution in [2.24, 2.45) is 5.73 Å². The van der Waals surface area contributed by atoms with E-state index < -0.39 is 0 Å². The highest BCUT2D eigenvalue weighted by molar-refractivity contribution is 6.10. The fourth-order valence-corrected chi connectivity index (χ4v) is 3.59. The van der Waals surface area contributed by atoms with E-state index in [1.165, 1.54) is 0 Å². The van der Waals surface area contributed by atoms with Crippen molar-refractivity contribution in [3.63, 3.8) is 0 Å². The highest BCUT2D eigenvalue weighted by atomic mass is 16.1. The van der Waals surface area contributed by atoms with Gasteiger partial charge in [0, 0.05) is 34.6 Å². The monoisotopic (exact) mass is 310 g/mol. The van der Waals surface area contributed by atoms with Crippen LogP contribution in [-0.4, -0.2) is 38.2 Å². The number of carbonyl (C=O) groups is 1. The second kappa shape index (κ2) is 5.19. The topological polar surface area (TPSA) is 101 Å². The molecule has 4 heterocycles. The van der Waals surface area contributed by atoms with E-state index in [9.17, 15) is 4.79 Å². The van der Waals surface area contributed by atoms with Gasteiger partial charge in [-0.1, -0.05) is 0 Å². The Hall–Kier alpha value is -2.70. The summed E-state index contributed by atoms with van der Waals surface area (Å²) < 4.78 is 0. The zero-order valence-electron chi connectivity index (χ0n) is 12.9. The predicted molar refractivity (Wildman–Crippen MR) is 88.0 cm³/mol. The van der Waals surface area contributed by atoms with Crippen molar-refractivity contribution in [1.82, 2.24) is 20.2 Å². The molecule has 1 aliphatic heterocycles. The van der Waals surface area contributed by atoms with E-state index in [1.54, 1.807) is 18.6 Å². The number of nitrogens with two attached hydrogens (primary N) is 1. The number of carbonyl (C=O) groups excluding carboxylic acids is 1. The van der Waals surface area contributed by atoms with E-state index in [4.69, 9.17) is 5.73 Å². The summed E-state index contributed by atoms with van der Waals surface area (Å²) in [5, 5.41) is 10.2. The molecule has 1 saturated heterocycles. The van der Waals surface area contributed by atoms with E-state index in [-0.39, 0.29) is 18.0 Å². The number of pyridine rings is 1. The van der Waals surface area contributed by atoms with E-state index >= 15 is 0 Å². The summed E-state index contributed by atoms with van der Waals surface area (Å²) in [7, 11) is 0. The van der Waals surface area contributed by atoms with Crippen LogP contribution >= 0.6 is 0 Å². The van der Waals surface area contributed by atoms with Gasteiger partial charge >= 0.3 is 0 Å². The first-order valence-electron chi connectivity index (χ1n) is 7.81. The summed E-state index contributed by atoms with van der Waals surface area (Å²) in [6.45, 7) is 2.11. The molecule has 0 aliphatic carbocycles. The van der Waals surface area contributed by atoms with Crippen LogP contribution in [0.15, 0.2) is 24.7 Å². The highest BCUT2D eigenvalue weighted by Crippen LogP contribution is 2.35. The summed E-state index contributed by atoms with van der Waals surface area (Å²) >= 11 is 0. The number of hydrogen-bond donors (Lipinski definition) is 2. The van der Waals surface area contributed by atoms with E-state index in [2.05, 4.69) is 32.0 Å². The van der Waals surface area contributed by atoms with Crippen LogP contribution in [-0.2, 0) is 4.79 Å². The minimum absolute atomic E-state index is 0.205. The largest absolute Gasteiger partial charge is 0.368 e. The molecule has 0 aromatic carbocycles. The summed E-state index contributed by atoms with van der Waals surface area (Å²) in [5.74, 6) is 0.520. The average Bonchev–Trinajstić information content (AvgIpc) is 3.02. The third kappa shape index (κ3) is 2.11. The molecule has 7 nitrogen and oxygen atoms in total. The maximum atomic E-state index is 12.0. The molecular formula is C16H18N6O. The zero-order valence-corrected chi connectivity index (χ0v) is 12.9. The van der Waals surface area contributed by atoms with Gasteiger partial charge in [0.1, 0.15) is 11.9 Å². The molecule has 1 fully saturated rings. The molecule has 4 rings (SSSR count). The Morgan fingerprint density at radius 1 is 1.35 bits per heavy atom. The minimum Gasteiger partial charge on any atom is -0.368 e. The van der Waals surface area contributed by atoms with Gasteiger partial charge in [-0.3, -0.25) is 9.89 Å². The van der Waals surface area contributed by atoms with E-state index in [0.717, 1.165) is 41.2 Å². The first-order chi connectivity index (χ1) is 11.2. The zero-order chi connectivity index (χ0) is 16.0. The maximum Gasteiger partial charge on any atom is 0.240 e. The van der Waals surface area contributed by atoms with Crippen LogP contribution < -0.4 is 10.6 Å². The van der Waals surface area contributed by atoms with Crippen molar-refractivity contribution in [2.45, 2.75) is 38.3 Å². The molecule has 3 aromatic heterocycles. The third-order valence-corrected chi connectivity index (χ3v) is 4.67. The normalized spacial score (nSPS) is 21.9. The van der Waals surface area contributed by atoms with Crippen LogP contribution in [0, 0.1) is 0 Å². The summed E-state index contributed by atoms with van der Waals surface area (Å²) in [6, 6.07) is 1.82. The van der Waals surface area contributed by atoms with E-state index in [1.807, 2.05) is 6.07 Å². The van der Waals surface area contributed by atoms with Gasteiger partial charge in [0.2, 0.25) is 5.91 Å². The molecule has 0 saturated carbocycles. The smallest absolute Gasteiger partial charge is 0.240 e.